The molecule has 6 nitrogen and oxygen atoms in total. The minimum Gasteiger partial charge on any atom is -0.467 e. The number of aliphatic hydroxyl groups is 1. The van der Waals surface area contributed by atoms with Gasteiger partial charge in [0.05, 0.1) is 20.3 Å². The van der Waals surface area contributed by atoms with Crippen molar-refractivity contribution in [2.45, 2.75) is 32.8 Å². The zero-order valence-corrected chi connectivity index (χ0v) is 10.7. The van der Waals surface area contributed by atoms with E-state index in [0.717, 1.165) is 0 Å². The van der Waals surface area contributed by atoms with Crippen LogP contribution in [-0.2, 0) is 6.42 Å². The summed E-state index contributed by atoms with van der Waals surface area (Å²) in [4.78, 5) is 12.0. The molecule has 1 N–H and O–H groups in total. The van der Waals surface area contributed by atoms with Crippen LogP contribution in [0.15, 0.2) is 0 Å². The highest BCUT2D eigenvalue weighted by Gasteiger charge is 2.13. The van der Waals surface area contributed by atoms with Gasteiger partial charge in [-0.05, 0) is 12.3 Å². The first-order valence-electron chi connectivity index (χ1n) is 5.56. The van der Waals surface area contributed by atoms with Crippen molar-refractivity contribution >= 4 is 0 Å². The van der Waals surface area contributed by atoms with E-state index in [4.69, 9.17) is 9.47 Å². The van der Waals surface area contributed by atoms with Crippen molar-refractivity contribution < 1.29 is 14.6 Å². The quantitative estimate of drug-likeness (QED) is 0.795. The maximum Gasteiger partial charge on any atom is 0.322 e. The summed E-state index contributed by atoms with van der Waals surface area (Å²) in [6.45, 7) is 4.11. The Labute approximate surface area is 101 Å². The summed E-state index contributed by atoms with van der Waals surface area (Å²) in [5.74, 6) is 0.900. The summed E-state index contributed by atoms with van der Waals surface area (Å²) in [5.41, 5.74) is 0. The maximum atomic E-state index is 9.82. The summed E-state index contributed by atoms with van der Waals surface area (Å²) in [6.07, 6.45) is 0.607. The molecule has 0 spiro atoms. The predicted octanol–water partition coefficient (Wildman–Crippen LogP) is 0.838. The molecule has 17 heavy (non-hydrogen) atoms. The molecule has 0 amide bonds. The minimum absolute atomic E-state index is 0.198. The zero-order chi connectivity index (χ0) is 12.8. The Bertz CT molecular complexity index is 336. The molecule has 1 heterocycles. The van der Waals surface area contributed by atoms with E-state index in [-0.39, 0.29) is 12.0 Å². The lowest BCUT2D eigenvalue weighted by atomic mass is 10.0. The molecule has 1 aromatic heterocycles. The molecule has 1 unspecified atom stereocenters. The van der Waals surface area contributed by atoms with Gasteiger partial charge in [0.15, 0.2) is 0 Å². The molecule has 96 valence electrons. The molecule has 1 atom stereocenters. The number of ether oxygens (including phenoxy) is 2. The highest BCUT2D eigenvalue weighted by Crippen LogP contribution is 2.13. The van der Waals surface area contributed by atoms with Gasteiger partial charge in [0, 0.05) is 6.42 Å². The molecule has 0 bridgehead atoms. The number of aromatic nitrogens is 3. The lowest BCUT2D eigenvalue weighted by Gasteiger charge is -2.12. The third-order valence-electron chi connectivity index (χ3n) is 2.17. The Morgan fingerprint density at radius 2 is 1.59 bits per heavy atom. The smallest absolute Gasteiger partial charge is 0.322 e. The van der Waals surface area contributed by atoms with Crippen LogP contribution in [0.3, 0.4) is 0 Å². The highest BCUT2D eigenvalue weighted by molar-refractivity contribution is 5.05. The third kappa shape index (κ3) is 4.52. The van der Waals surface area contributed by atoms with Crippen molar-refractivity contribution in [2.75, 3.05) is 14.2 Å². The average molecular weight is 241 g/mol. The van der Waals surface area contributed by atoms with Crippen molar-refractivity contribution in [3.8, 4) is 12.0 Å². The van der Waals surface area contributed by atoms with E-state index in [0.29, 0.717) is 24.6 Å². The van der Waals surface area contributed by atoms with Crippen LogP contribution in [0.2, 0.25) is 0 Å². The Balaban J connectivity index is 2.75. The van der Waals surface area contributed by atoms with Gasteiger partial charge in [0.1, 0.15) is 5.82 Å². The second kappa shape index (κ2) is 6.34. The molecule has 0 aromatic carbocycles. The maximum absolute atomic E-state index is 9.82. The highest BCUT2D eigenvalue weighted by atomic mass is 16.5. The zero-order valence-electron chi connectivity index (χ0n) is 10.7. The van der Waals surface area contributed by atoms with Gasteiger partial charge in [-0.25, -0.2) is 0 Å². The SMILES string of the molecule is COc1nc(CC(O)CC(C)C)nc(OC)n1. The van der Waals surface area contributed by atoms with Crippen LogP contribution < -0.4 is 9.47 Å². The second-order valence-corrected chi connectivity index (χ2v) is 4.21. The third-order valence-corrected chi connectivity index (χ3v) is 2.17. The first-order chi connectivity index (χ1) is 8.05. The van der Waals surface area contributed by atoms with Crippen LogP contribution in [0, 0.1) is 5.92 Å². The number of methoxy groups -OCH3 is 2. The lowest BCUT2D eigenvalue weighted by molar-refractivity contribution is 0.146. The molecule has 0 saturated heterocycles. The van der Waals surface area contributed by atoms with E-state index >= 15 is 0 Å². The molecule has 0 radical (unpaired) electrons. The molecule has 1 rings (SSSR count). The Morgan fingerprint density at radius 3 is 2.00 bits per heavy atom. The summed E-state index contributed by atoms with van der Waals surface area (Å²) < 4.78 is 9.87. The first kappa shape index (κ1) is 13.6. The van der Waals surface area contributed by atoms with Gasteiger partial charge in [-0.15, -0.1) is 4.98 Å². The van der Waals surface area contributed by atoms with Gasteiger partial charge in [-0.1, -0.05) is 13.8 Å². The van der Waals surface area contributed by atoms with Crippen LogP contribution in [0.1, 0.15) is 26.1 Å². The second-order valence-electron chi connectivity index (χ2n) is 4.21. The van der Waals surface area contributed by atoms with E-state index in [1.165, 1.54) is 14.2 Å². The van der Waals surface area contributed by atoms with Crippen LogP contribution in [0.5, 0.6) is 12.0 Å². The number of nitrogens with zero attached hydrogens (tertiary/aromatic N) is 3. The van der Waals surface area contributed by atoms with E-state index < -0.39 is 6.10 Å². The summed E-state index contributed by atoms with van der Waals surface area (Å²) in [5, 5.41) is 9.82. The number of hydrogen-bond acceptors (Lipinski definition) is 6. The number of aliphatic hydroxyl groups excluding tert-OH is 1. The lowest BCUT2D eigenvalue weighted by Crippen LogP contribution is -2.16. The fourth-order valence-corrected chi connectivity index (χ4v) is 1.49. The van der Waals surface area contributed by atoms with Gasteiger partial charge < -0.3 is 14.6 Å². The summed E-state index contributed by atoms with van der Waals surface area (Å²) in [6, 6.07) is 0.396. The Kier molecular flexibility index (Phi) is 5.09. The van der Waals surface area contributed by atoms with Gasteiger partial charge in [-0.3, -0.25) is 0 Å². The molecular formula is C11H19N3O3. The van der Waals surface area contributed by atoms with Crippen LogP contribution in [0.25, 0.3) is 0 Å². The van der Waals surface area contributed by atoms with Crippen molar-refractivity contribution in [3.63, 3.8) is 0 Å². The van der Waals surface area contributed by atoms with Crippen molar-refractivity contribution in [3.05, 3.63) is 5.82 Å². The van der Waals surface area contributed by atoms with Gasteiger partial charge in [0.25, 0.3) is 0 Å². The number of hydrogen-bond donors (Lipinski definition) is 1. The number of rotatable bonds is 6. The van der Waals surface area contributed by atoms with E-state index in [1.54, 1.807) is 0 Å². The fourth-order valence-electron chi connectivity index (χ4n) is 1.49. The van der Waals surface area contributed by atoms with E-state index in [9.17, 15) is 5.11 Å². The monoisotopic (exact) mass is 241 g/mol. The predicted molar refractivity (Wildman–Crippen MR) is 62.1 cm³/mol. The van der Waals surface area contributed by atoms with Crippen LogP contribution >= 0.6 is 0 Å². The molecule has 6 heteroatoms. The van der Waals surface area contributed by atoms with Gasteiger partial charge in [-0.2, -0.15) is 9.97 Å². The van der Waals surface area contributed by atoms with Gasteiger partial charge >= 0.3 is 12.0 Å². The summed E-state index contributed by atoms with van der Waals surface area (Å²) in [7, 11) is 2.95. The molecule has 0 fully saturated rings. The van der Waals surface area contributed by atoms with Crippen molar-refractivity contribution in [1.82, 2.24) is 15.0 Å². The molecule has 1 aromatic rings. The van der Waals surface area contributed by atoms with Crippen LogP contribution in [0.4, 0.5) is 0 Å². The molecule has 0 aliphatic heterocycles. The average Bonchev–Trinajstić information content (AvgIpc) is 2.27. The Morgan fingerprint density at radius 1 is 1.06 bits per heavy atom. The van der Waals surface area contributed by atoms with Crippen molar-refractivity contribution in [1.29, 1.82) is 0 Å². The first-order valence-corrected chi connectivity index (χ1v) is 5.56. The molecule has 0 aliphatic carbocycles. The Hall–Kier alpha value is -1.43. The topological polar surface area (TPSA) is 77.4 Å². The molecule has 0 saturated carbocycles. The standard InChI is InChI=1S/C11H19N3O3/c1-7(2)5-8(15)6-9-12-10(16-3)14-11(13-9)17-4/h7-8,15H,5-6H2,1-4H3. The largest absolute Gasteiger partial charge is 0.467 e. The summed E-state index contributed by atoms with van der Waals surface area (Å²) >= 11 is 0. The van der Waals surface area contributed by atoms with Crippen LogP contribution in [-0.4, -0.2) is 40.4 Å². The van der Waals surface area contributed by atoms with Crippen molar-refractivity contribution in [2.24, 2.45) is 5.92 Å². The molecular weight excluding hydrogens is 222 g/mol. The van der Waals surface area contributed by atoms with Gasteiger partial charge in [0.2, 0.25) is 0 Å². The normalized spacial score (nSPS) is 12.6. The fraction of sp³-hybridized carbons (Fsp3) is 0.727. The molecule has 0 aliphatic rings. The van der Waals surface area contributed by atoms with E-state index in [2.05, 4.69) is 28.8 Å². The van der Waals surface area contributed by atoms with E-state index in [1.807, 2.05) is 0 Å². The minimum atomic E-state index is -0.466.